The summed E-state index contributed by atoms with van der Waals surface area (Å²) in [5.41, 5.74) is 5.37. The fourth-order valence-electron chi connectivity index (χ4n) is 1.50. The number of ether oxygens (including phenoxy) is 2. The Hall–Kier alpha value is -0.160. The van der Waals surface area contributed by atoms with Crippen LogP contribution in [0.25, 0.3) is 0 Å². The van der Waals surface area contributed by atoms with Gasteiger partial charge in [0.2, 0.25) is 0 Å². The van der Waals surface area contributed by atoms with Crippen molar-refractivity contribution in [1.82, 2.24) is 4.90 Å². The summed E-state index contributed by atoms with van der Waals surface area (Å²) in [6, 6.07) is 0.527. The summed E-state index contributed by atoms with van der Waals surface area (Å²) in [6.45, 7) is 14.3. The predicted octanol–water partition coefficient (Wildman–Crippen LogP) is 1.34. The van der Waals surface area contributed by atoms with Crippen LogP contribution < -0.4 is 5.73 Å². The highest BCUT2D eigenvalue weighted by Crippen LogP contribution is 1.99. The third-order valence-corrected chi connectivity index (χ3v) is 2.49. The van der Waals surface area contributed by atoms with E-state index in [0.29, 0.717) is 25.1 Å². The van der Waals surface area contributed by atoms with Crippen molar-refractivity contribution in [3.05, 3.63) is 0 Å². The first-order chi connectivity index (χ1) is 8.07. The van der Waals surface area contributed by atoms with Gasteiger partial charge >= 0.3 is 0 Å². The van der Waals surface area contributed by atoms with Crippen molar-refractivity contribution < 1.29 is 9.47 Å². The lowest BCUT2D eigenvalue weighted by atomic mass is 10.2. The van der Waals surface area contributed by atoms with E-state index >= 15 is 0 Å². The quantitative estimate of drug-likeness (QED) is 0.559. The van der Waals surface area contributed by atoms with Crippen LogP contribution >= 0.6 is 0 Å². The van der Waals surface area contributed by atoms with E-state index in [0.717, 1.165) is 32.9 Å². The van der Waals surface area contributed by atoms with Crippen LogP contribution in [0.3, 0.4) is 0 Å². The van der Waals surface area contributed by atoms with Gasteiger partial charge in [0, 0.05) is 32.3 Å². The predicted molar refractivity (Wildman–Crippen MR) is 72.2 cm³/mol. The van der Waals surface area contributed by atoms with E-state index < -0.39 is 0 Å². The van der Waals surface area contributed by atoms with Crippen LogP contribution in [0.1, 0.15) is 27.7 Å². The van der Waals surface area contributed by atoms with Gasteiger partial charge in [-0.1, -0.05) is 13.8 Å². The van der Waals surface area contributed by atoms with Gasteiger partial charge in [-0.05, 0) is 19.8 Å². The second-order valence-corrected chi connectivity index (χ2v) is 5.00. The lowest BCUT2D eigenvalue weighted by Crippen LogP contribution is -2.37. The van der Waals surface area contributed by atoms with E-state index in [1.165, 1.54) is 0 Å². The largest absolute Gasteiger partial charge is 0.380 e. The molecule has 0 heterocycles. The summed E-state index contributed by atoms with van der Waals surface area (Å²) in [5.74, 6) is 0.607. The van der Waals surface area contributed by atoms with Crippen LogP contribution in [0.15, 0.2) is 0 Å². The van der Waals surface area contributed by atoms with Gasteiger partial charge in [0.05, 0.1) is 19.8 Å². The Morgan fingerprint density at radius 2 is 1.53 bits per heavy atom. The van der Waals surface area contributed by atoms with Gasteiger partial charge in [0.25, 0.3) is 0 Å². The molecule has 0 amide bonds. The van der Waals surface area contributed by atoms with Gasteiger partial charge in [-0.3, -0.25) is 4.90 Å². The van der Waals surface area contributed by atoms with E-state index in [2.05, 4.69) is 32.6 Å². The molecule has 17 heavy (non-hydrogen) atoms. The Labute approximate surface area is 106 Å². The number of hydrogen-bond acceptors (Lipinski definition) is 4. The average molecular weight is 246 g/mol. The van der Waals surface area contributed by atoms with Gasteiger partial charge in [-0.25, -0.2) is 0 Å². The minimum atomic E-state index is 0.527. The molecule has 0 aromatic heterocycles. The van der Waals surface area contributed by atoms with Crippen molar-refractivity contribution in [3.8, 4) is 0 Å². The van der Waals surface area contributed by atoms with E-state index in [-0.39, 0.29) is 0 Å². The maximum absolute atomic E-state index is 5.60. The van der Waals surface area contributed by atoms with E-state index in [1.54, 1.807) is 0 Å². The minimum Gasteiger partial charge on any atom is -0.380 e. The van der Waals surface area contributed by atoms with Gasteiger partial charge in [-0.15, -0.1) is 0 Å². The molecule has 0 saturated carbocycles. The Morgan fingerprint density at radius 3 is 2.00 bits per heavy atom. The minimum absolute atomic E-state index is 0.527. The Morgan fingerprint density at radius 1 is 0.941 bits per heavy atom. The summed E-state index contributed by atoms with van der Waals surface area (Å²) in [4.78, 5) is 2.37. The molecule has 0 radical (unpaired) electrons. The second kappa shape index (κ2) is 11.0. The molecule has 0 fully saturated rings. The zero-order valence-electron chi connectivity index (χ0n) is 11.9. The number of nitrogens with zero attached hydrogens (tertiary/aromatic N) is 1. The number of hydrogen-bond donors (Lipinski definition) is 1. The molecule has 2 N–H and O–H groups in total. The van der Waals surface area contributed by atoms with E-state index in [4.69, 9.17) is 15.2 Å². The van der Waals surface area contributed by atoms with Crippen molar-refractivity contribution in [3.63, 3.8) is 0 Å². The average Bonchev–Trinajstić information content (AvgIpc) is 2.26. The molecule has 0 unspecified atom stereocenters. The molecule has 0 aliphatic rings. The molecule has 0 aromatic rings. The highest BCUT2D eigenvalue weighted by molar-refractivity contribution is 4.62. The molecule has 0 spiro atoms. The summed E-state index contributed by atoms with van der Waals surface area (Å²) in [6.07, 6.45) is 0. The molecular weight excluding hydrogens is 216 g/mol. The van der Waals surface area contributed by atoms with Gasteiger partial charge in [0.15, 0.2) is 0 Å². The fraction of sp³-hybridized carbons (Fsp3) is 1.00. The van der Waals surface area contributed by atoms with Crippen LogP contribution in [0, 0.1) is 5.92 Å². The summed E-state index contributed by atoms with van der Waals surface area (Å²) in [7, 11) is 0. The molecular formula is C13H30N2O2. The Balaban J connectivity index is 3.60. The van der Waals surface area contributed by atoms with Gasteiger partial charge in [-0.2, -0.15) is 0 Å². The maximum Gasteiger partial charge on any atom is 0.0594 e. The molecule has 4 nitrogen and oxygen atoms in total. The number of rotatable bonds is 11. The molecule has 0 aromatic carbocycles. The van der Waals surface area contributed by atoms with Crippen LogP contribution in [-0.2, 0) is 9.47 Å². The SMILES string of the molecule is CC(C)COCCN(CCOCCN)C(C)C. The molecule has 104 valence electrons. The molecule has 0 bridgehead atoms. The fourth-order valence-corrected chi connectivity index (χ4v) is 1.50. The van der Waals surface area contributed by atoms with Crippen molar-refractivity contribution in [1.29, 1.82) is 0 Å². The zero-order valence-corrected chi connectivity index (χ0v) is 11.9. The smallest absolute Gasteiger partial charge is 0.0594 e. The first-order valence-electron chi connectivity index (χ1n) is 6.67. The van der Waals surface area contributed by atoms with Gasteiger partial charge in [0.1, 0.15) is 0 Å². The van der Waals surface area contributed by atoms with Crippen molar-refractivity contribution in [2.75, 3.05) is 46.1 Å². The summed E-state index contributed by atoms with van der Waals surface area (Å²) in [5, 5.41) is 0. The van der Waals surface area contributed by atoms with E-state index in [1.807, 2.05) is 0 Å². The molecule has 0 aliphatic carbocycles. The normalized spacial score (nSPS) is 12.0. The summed E-state index contributed by atoms with van der Waals surface area (Å²) < 4.78 is 11.0. The van der Waals surface area contributed by atoms with Crippen molar-refractivity contribution in [2.24, 2.45) is 11.7 Å². The van der Waals surface area contributed by atoms with Crippen LogP contribution in [0.2, 0.25) is 0 Å². The molecule has 0 saturated heterocycles. The highest BCUT2D eigenvalue weighted by Gasteiger charge is 2.08. The Kier molecular flexibility index (Phi) is 10.9. The van der Waals surface area contributed by atoms with Crippen LogP contribution in [0.4, 0.5) is 0 Å². The zero-order chi connectivity index (χ0) is 13.1. The van der Waals surface area contributed by atoms with Crippen molar-refractivity contribution in [2.45, 2.75) is 33.7 Å². The lowest BCUT2D eigenvalue weighted by Gasteiger charge is -2.26. The summed E-state index contributed by atoms with van der Waals surface area (Å²) >= 11 is 0. The van der Waals surface area contributed by atoms with Crippen LogP contribution in [0.5, 0.6) is 0 Å². The first kappa shape index (κ1) is 16.8. The monoisotopic (exact) mass is 246 g/mol. The number of nitrogens with two attached hydrogens (primary N) is 1. The first-order valence-corrected chi connectivity index (χ1v) is 6.67. The molecule has 4 heteroatoms. The van der Waals surface area contributed by atoms with Crippen molar-refractivity contribution >= 4 is 0 Å². The second-order valence-electron chi connectivity index (χ2n) is 5.00. The van der Waals surface area contributed by atoms with Crippen LogP contribution in [-0.4, -0.2) is 57.0 Å². The topological polar surface area (TPSA) is 47.7 Å². The Bertz CT molecular complexity index is 163. The molecule has 0 rings (SSSR count). The third-order valence-electron chi connectivity index (χ3n) is 2.49. The highest BCUT2D eigenvalue weighted by atomic mass is 16.5. The molecule has 0 atom stereocenters. The standard InChI is InChI=1S/C13H30N2O2/c1-12(2)11-17-10-7-15(13(3)4)6-9-16-8-5-14/h12-13H,5-11,14H2,1-4H3. The van der Waals surface area contributed by atoms with Gasteiger partial charge < -0.3 is 15.2 Å². The lowest BCUT2D eigenvalue weighted by molar-refractivity contribution is 0.0562. The van der Waals surface area contributed by atoms with E-state index in [9.17, 15) is 0 Å². The third kappa shape index (κ3) is 10.7. The maximum atomic E-state index is 5.60. The molecule has 0 aliphatic heterocycles.